The van der Waals surface area contributed by atoms with E-state index in [0.717, 1.165) is 15.7 Å². The molecule has 26 heavy (non-hydrogen) atoms. The van der Waals surface area contributed by atoms with Gasteiger partial charge in [-0.1, -0.05) is 11.6 Å². The van der Waals surface area contributed by atoms with Crippen LogP contribution < -0.4 is 15.9 Å². The maximum Gasteiger partial charge on any atom is 0.309 e. The van der Waals surface area contributed by atoms with Crippen molar-refractivity contribution in [2.45, 2.75) is 4.90 Å². The molecule has 0 aromatic heterocycles. The Morgan fingerprint density at radius 2 is 2.04 bits per heavy atom. The summed E-state index contributed by atoms with van der Waals surface area (Å²) in [5, 5.41) is 8.29. The molecule has 3 rings (SSSR count). The van der Waals surface area contributed by atoms with Gasteiger partial charge < -0.3 is 5.32 Å². The third-order valence-electron chi connectivity index (χ3n) is 3.21. The summed E-state index contributed by atoms with van der Waals surface area (Å²) in [6, 6.07) is 7.01. The summed E-state index contributed by atoms with van der Waals surface area (Å²) in [5.41, 5.74) is 2.93. The Hall–Kier alpha value is -1.32. The first-order valence-corrected chi connectivity index (χ1v) is 10.7. The van der Waals surface area contributed by atoms with Crippen molar-refractivity contribution in [2.24, 2.45) is 9.54 Å². The lowest BCUT2D eigenvalue weighted by Crippen LogP contribution is -2.21. The Bertz CT molecular complexity index is 1060. The van der Waals surface area contributed by atoms with Crippen molar-refractivity contribution in [3.05, 3.63) is 50.3 Å². The average molecular weight is 531 g/mol. The Morgan fingerprint density at radius 3 is 2.62 bits per heavy atom. The minimum atomic E-state index is -4.33. The van der Waals surface area contributed by atoms with E-state index in [2.05, 4.69) is 42.1 Å². The van der Waals surface area contributed by atoms with Crippen molar-refractivity contribution >= 4 is 72.7 Å². The molecule has 0 spiro atoms. The van der Waals surface area contributed by atoms with Crippen molar-refractivity contribution in [3.8, 4) is 0 Å². The van der Waals surface area contributed by atoms with E-state index in [9.17, 15) is 17.0 Å². The molecule has 2 aromatic rings. The number of halogens is 3. The molecule has 0 saturated heterocycles. The molecular weight excluding hydrogens is 522 g/mol. The van der Waals surface area contributed by atoms with Gasteiger partial charge >= 0.3 is 11.3 Å². The summed E-state index contributed by atoms with van der Waals surface area (Å²) in [4.78, 5) is -0.742. The minimum Gasteiger partial charge on any atom is -0.354 e. The van der Waals surface area contributed by atoms with E-state index < -0.39 is 32.0 Å². The molecule has 0 saturated carbocycles. The average Bonchev–Trinajstić information content (AvgIpc) is 2.95. The predicted octanol–water partition coefficient (Wildman–Crippen LogP) is 2.33. The number of hydrogen-bond acceptors (Lipinski definition) is 6. The van der Waals surface area contributed by atoms with E-state index in [0.29, 0.717) is 10.7 Å². The van der Waals surface area contributed by atoms with Gasteiger partial charge in [0.15, 0.2) is 5.84 Å². The molecule has 0 bridgehead atoms. The van der Waals surface area contributed by atoms with Crippen molar-refractivity contribution in [1.29, 1.82) is 0 Å². The zero-order valence-corrected chi connectivity index (χ0v) is 17.0. The molecule has 2 aromatic carbocycles. The number of primary sulfonamides is 1. The van der Waals surface area contributed by atoms with Crippen LogP contribution in [0.1, 0.15) is 5.56 Å². The molecule has 0 fully saturated rings. The van der Waals surface area contributed by atoms with Gasteiger partial charge in [-0.2, -0.15) is 4.28 Å². The number of nitrogens with zero attached hydrogens (tertiary/aromatic N) is 1. The Kier molecular flexibility index (Phi) is 5.50. The first kappa shape index (κ1) is 19.4. The van der Waals surface area contributed by atoms with Crippen LogP contribution in [0.3, 0.4) is 0 Å². The number of nitrogens with one attached hydrogen (secondary N) is 2. The number of sulfonamides is 1. The topological polar surface area (TPSA) is 123 Å². The summed E-state index contributed by atoms with van der Waals surface area (Å²) < 4.78 is 57.9. The first-order chi connectivity index (χ1) is 12.1. The van der Waals surface area contributed by atoms with E-state index in [-0.39, 0.29) is 17.1 Å². The summed E-state index contributed by atoms with van der Waals surface area (Å²) in [6.07, 6.45) is 0. The zero-order chi connectivity index (χ0) is 19.1. The van der Waals surface area contributed by atoms with E-state index in [1.165, 1.54) is 0 Å². The second kappa shape index (κ2) is 7.36. The second-order valence-corrected chi connectivity index (χ2v) is 8.93. The van der Waals surface area contributed by atoms with Gasteiger partial charge in [-0.3, -0.25) is 0 Å². The van der Waals surface area contributed by atoms with Gasteiger partial charge in [0.1, 0.15) is 10.7 Å². The highest BCUT2D eigenvalue weighted by molar-refractivity contribution is 14.1. The number of benzene rings is 2. The number of hydrogen-bond donors (Lipinski definition) is 3. The Morgan fingerprint density at radius 1 is 1.31 bits per heavy atom. The number of rotatable bonds is 4. The van der Waals surface area contributed by atoms with Crippen LogP contribution in [-0.4, -0.2) is 18.5 Å². The molecular formula is C13H9ClFIN4O4S2. The molecule has 1 unspecified atom stereocenters. The fraction of sp³-hybridized carbons (Fsp3) is 0. The number of amidine groups is 1. The highest BCUT2D eigenvalue weighted by Gasteiger charge is 2.24. The molecule has 1 heterocycles. The molecule has 1 aliphatic rings. The van der Waals surface area contributed by atoms with Gasteiger partial charge in [-0.05, 0) is 52.9 Å². The fourth-order valence-corrected chi connectivity index (χ4v) is 4.09. The van der Waals surface area contributed by atoms with Crippen molar-refractivity contribution in [2.75, 3.05) is 5.32 Å². The normalized spacial score (nSPS) is 16.9. The number of hydroxylamine groups is 1. The molecule has 0 amide bonds. The summed E-state index contributed by atoms with van der Waals surface area (Å²) in [5.74, 6) is -1.13. The lowest BCUT2D eigenvalue weighted by Gasteiger charge is -2.15. The van der Waals surface area contributed by atoms with Gasteiger partial charge in [0.25, 0.3) is 0 Å². The quantitative estimate of drug-likeness (QED) is 0.522. The van der Waals surface area contributed by atoms with Crippen LogP contribution in [0.25, 0.3) is 0 Å². The van der Waals surface area contributed by atoms with Crippen LogP contribution in [0.5, 0.6) is 0 Å². The molecule has 13 heteroatoms. The zero-order valence-electron chi connectivity index (χ0n) is 12.5. The van der Waals surface area contributed by atoms with E-state index in [1.807, 2.05) is 0 Å². The number of anilines is 2. The highest BCUT2D eigenvalue weighted by Crippen LogP contribution is 2.31. The molecule has 1 atom stereocenters. The van der Waals surface area contributed by atoms with Crippen molar-refractivity contribution in [3.63, 3.8) is 0 Å². The third-order valence-corrected chi connectivity index (χ3v) is 5.68. The van der Waals surface area contributed by atoms with Gasteiger partial charge in [-0.25, -0.2) is 27.6 Å². The Balaban J connectivity index is 2.15. The standard InChI is InChI=1S/C13H9ClFIN4O4S2/c14-8-3-6(16)1-2-10(8)18-11-5-9(15)12(26(17,22)23)4-7(11)13-19-24-25(21)20-13/h1-5,18H,(H,19,20)(H2,17,22,23). The monoisotopic (exact) mass is 530 g/mol. The smallest absolute Gasteiger partial charge is 0.309 e. The van der Waals surface area contributed by atoms with E-state index in [1.54, 1.807) is 18.2 Å². The molecule has 1 aliphatic heterocycles. The fourth-order valence-electron chi connectivity index (χ4n) is 2.10. The van der Waals surface area contributed by atoms with Gasteiger partial charge in [-0.15, -0.1) is 4.40 Å². The SMILES string of the molecule is NS(=O)(=O)c1cc(C2=NS(=O)ON2)c(Nc2ccc(I)cc2Cl)cc1F. The van der Waals surface area contributed by atoms with E-state index in [4.69, 9.17) is 16.7 Å². The van der Waals surface area contributed by atoms with Gasteiger partial charge in [0.05, 0.1) is 16.4 Å². The van der Waals surface area contributed by atoms with Crippen LogP contribution in [0, 0.1) is 9.39 Å². The van der Waals surface area contributed by atoms with Crippen LogP contribution in [0.15, 0.2) is 39.6 Å². The summed E-state index contributed by atoms with van der Waals surface area (Å²) in [6.45, 7) is 0. The molecule has 0 aliphatic carbocycles. The van der Waals surface area contributed by atoms with Crippen LogP contribution >= 0.6 is 34.2 Å². The summed E-state index contributed by atoms with van der Waals surface area (Å²) in [7, 11) is -4.33. The van der Waals surface area contributed by atoms with Crippen LogP contribution in [0.2, 0.25) is 5.02 Å². The maximum atomic E-state index is 14.3. The van der Waals surface area contributed by atoms with E-state index >= 15 is 0 Å². The summed E-state index contributed by atoms with van der Waals surface area (Å²) >= 11 is 6.24. The molecule has 4 N–H and O–H groups in total. The van der Waals surface area contributed by atoms with Gasteiger partial charge in [0, 0.05) is 9.13 Å². The second-order valence-electron chi connectivity index (χ2n) is 4.96. The highest BCUT2D eigenvalue weighted by atomic mass is 127. The minimum absolute atomic E-state index is 0.0580. The largest absolute Gasteiger partial charge is 0.354 e. The van der Waals surface area contributed by atoms with Crippen LogP contribution in [-0.2, 0) is 25.6 Å². The first-order valence-electron chi connectivity index (χ1n) is 6.68. The number of nitrogens with two attached hydrogens (primary N) is 1. The third kappa shape index (κ3) is 4.15. The maximum absolute atomic E-state index is 14.3. The Labute approximate surface area is 168 Å². The van der Waals surface area contributed by atoms with Gasteiger partial charge in [0.2, 0.25) is 10.0 Å². The van der Waals surface area contributed by atoms with Crippen molar-refractivity contribution < 1.29 is 21.3 Å². The molecule has 0 radical (unpaired) electrons. The van der Waals surface area contributed by atoms with Crippen molar-refractivity contribution in [1.82, 2.24) is 5.48 Å². The molecule has 138 valence electrons. The lowest BCUT2D eigenvalue weighted by atomic mass is 10.1. The molecule has 8 nitrogen and oxygen atoms in total. The van der Waals surface area contributed by atoms with Crippen LogP contribution in [0.4, 0.5) is 15.8 Å². The predicted molar refractivity (Wildman–Crippen MR) is 104 cm³/mol. The lowest BCUT2D eigenvalue weighted by molar-refractivity contribution is 0.306.